The third-order valence-corrected chi connectivity index (χ3v) is 4.35. The maximum absolute atomic E-state index is 12.4. The minimum atomic E-state index is -0.755. The van der Waals surface area contributed by atoms with Gasteiger partial charge in [0.15, 0.2) is 0 Å². The Morgan fingerprint density at radius 1 is 1.32 bits per heavy atom. The van der Waals surface area contributed by atoms with Gasteiger partial charge in [0, 0.05) is 19.5 Å². The predicted molar refractivity (Wildman–Crippen MR) is 83.0 cm³/mol. The highest BCUT2D eigenvalue weighted by atomic mass is 16.5. The van der Waals surface area contributed by atoms with E-state index in [0.717, 1.165) is 11.3 Å². The predicted octanol–water partition coefficient (Wildman–Crippen LogP) is 2.51. The van der Waals surface area contributed by atoms with Crippen molar-refractivity contribution < 1.29 is 19.4 Å². The summed E-state index contributed by atoms with van der Waals surface area (Å²) in [6, 6.07) is 7.73. The Balaban J connectivity index is 1.93. The molecule has 1 heterocycles. The number of amides is 1. The number of aliphatic carboxylic acids is 1. The normalized spacial score (nSPS) is 17.1. The van der Waals surface area contributed by atoms with Crippen molar-refractivity contribution in [2.45, 2.75) is 32.1 Å². The van der Waals surface area contributed by atoms with Gasteiger partial charge in [0.25, 0.3) is 0 Å². The van der Waals surface area contributed by atoms with Crippen molar-refractivity contribution in [2.24, 2.45) is 5.92 Å². The van der Waals surface area contributed by atoms with Gasteiger partial charge in [-0.15, -0.1) is 0 Å². The third-order valence-electron chi connectivity index (χ3n) is 4.35. The fourth-order valence-corrected chi connectivity index (χ4v) is 2.95. The number of carbonyl (C=O) groups is 2. The summed E-state index contributed by atoms with van der Waals surface area (Å²) >= 11 is 0. The van der Waals surface area contributed by atoms with Crippen molar-refractivity contribution in [3.05, 3.63) is 29.8 Å². The van der Waals surface area contributed by atoms with E-state index in [1.807, 2.05) is 31.2 Å². The molecule has 1 aromatic rings. The lowest BCUT2D eigenvalue weighted by Crippen LogP contribution is -2.40. The van der Waals surface area contributed by atoms with Gasteiger partial charge in [0.2, 0.25) is 5.91 Å². The number of carboxylic acid groups (broad SMARTS) is 1. The number of methoxy groups -OCH3 is 1. The van der Waals surface area contributed by atoms with Crippen LogP contribution in [0.4, 0.5) is 0 Å². The van der Waals surface area contributed by atoms with E-state index in [2.05, 4.69) is 0 Å². The largest absolute Gasteiger partial charge is 0.496 e. The van der Waals surface area contributed by atoms with Crippen LogP contribution >= 0.6 is 0 Å². The average molecular weight is 305 g/mol. The van der Waals surface area contributed by atoms with E-state index in [1.54, 1.807) is 12.0 Å². The highest BCUT2D eigenvalue weighted by Crippen LogP contribution is 2.29. The Morgan fingerprint density at radius 2 is 1.95 bits per heavy atom. The molecule has 5 heteroatoms. The number of likely N-dealkylation sites (tertiary alicyclic amines) is 1. The molecule has 1 aliphatic rings. The van der Waals surface area contributed by atoms with Gasteiger partial charge in [0.05, 0.1) is 13.0 Å². The first-order valence-electron chi connectivity index (χ1n) is 7.66. The molecule has 0 aliphatic carbocycles. The third kappa shape index (κ3) is 3.78. The maximum Gasteiger partial charge on any atom is 0.306 e. The zero-order valence-corrected chi connectivity index (χ0v) is 13.1. The number of nitrogens with zero attached hydrogens (tertiary/aromatic N) is 1. The molecule has 0 bridgehead atoms. The number of rotatable bonds is 5. The molecule has 1 unspecified atom stereocenters. The van der Waals surface area contributed by atoms with Crippen LogP contribution in [0.5, 0.6) is 5.75 Å². The Kier molecular flexibility index (Phi) is 5.41. The van der Waals surface area contributed by atoms with E-state index < -0.39 is 5.97 Å². The summed E-state index contributed by atoms with van der Waals surface area (Å²) in [7, 11) is 1.63. The number of hydrogen-bond donors (Lipinski definition) is 1. The second kappa shape index (κ2) is 7.29. The van der Waals surface area contributed by atoms with Crippen molar-refractivity contribution in [1.82, 2.24) is 4.90 Å². The van der Waals surface area contributed by atoms with Crippen molar-refractivity contribution in [2.75, 3.05) is 20.2 Å². The van der Waals surface area contributed by atoms with Crippen LogP contribution in [0, 0.1) is 5.92 Å². The summed E-state index contributed by atoms with van der Waals surface area (Å²) in [4.78, 5) is 25.1. The molecule has 0 saturated carbocycles. The molecule has 120 valence electrons. The molecule has 0 aromatic heterocycles. The van der Waals surface area contributed by atoms with Crippen molar-refractivity contribution in [3.8, 4) is 5.75 Å². The lowest BCUT2D eigenvalue weighted by atomic mass is 9.94. The molecule has 0 radical (unpaired) electrons. The molecular formula is C17H23NO4. The first-order valence-corrected chi connectivity index (χ1v) is 7.66. The van der Waals surface area contributed by atoms with E-state index in [1.165, 1.54) is 0 Å². The second-order valence-electron chi connectivity index (χ2n) is 5.84. The average Bonchev–Trinajstić information content (AvgIpc) is 2.54. The molecule has 0 spiro atoms. The second-order valence-corrected chi connectivity index (χ2v) is 5.84. The zero-order valence-electron chi connectivity index (χ0n) is 13.1. The van der Waals surface area contributed by atoms with Crippen LogP contribution in [0.3, 0.4) is 0 Å². The SMILES string of the molecule is COc1ccccc1C(C)CC(=O)N1CCC(C(=O)O)CC1. The van der Waals surface area contributed by atoms with E-state index in [-0.39, 0.29) is 17.7 Å². The first kappa shape index (κ1) is 16.3. The zero-order chi connectivity index (χ0) is 16.1. The van der Waals surface area contributed by atoms with Crippen LogP contribution in [-0.4, -0.2) is 42.1 Å². The van der Waals surface area contributed by atoms with E-state index in [9.17, 15) is 9.59 Å². The van der Waals surface area contributed by atoms with E-state index in [4.69, 9.17) is 9.84 Å². The van der Waals surface area contributed by atoms with Crippen LogP contribution in [-0.2, 0) is 9.59 Å². The summed E-state index contributed by atoms with van der Waals surface area (Å²) in [6.45, 7) is 3.09. The molecule has 1 amide bonds. The Hall–Kier alpha value is -2.04. The van der Waals surface area contributed by atoms with Crippen LogP contribution in [0.15, 0.2) is 24.3 Å². The lowest BCUT2D eigenvalue weighted by Gasteiger charge is -2.31. The van der Waals surface area contributed by atoms with Crippen molar-refractivity contribution >= 4 is 11.9 Å². The fraction of sp³-hybridized carbons (Fsp3) is 0.529. The van der Waals surface area contributed by atoms with Crippen LogP contribution in [0.1, 0.15) is 37.7 Å². The molecule has 1 aliphatic heterocycles. The summed E-state index contributed by atoms with van der Waals surface area (Å²) in [6.07, 6.45) is 1.51. The molecule has 1 aromatic carbocycles. The van der Waals surface area contributed by atoms with Gasteiger partial charge >= 0.3 is 5.97 Å². The van der Waals surface area contributed by atoms with E-state index >= 15 is 0 Å². The molecule has 1 atom stereocenters. The quantitative estimate of drug-likeness (QED) is 0.907. The topological polar surface area (TPSA) is 66.8 Å². The number of ether oxygens (including phenoxy) is 1. The number of benzene rings is 1. The van der Waals surface area contributed by atoms with Crippen molar-refractivity contribution in [1.29, 1.82) is 0 Å². The van der Waals surface area contributed by atoms with Crippen LogP contribution < -0.4 is 4.74 Å². The Bertz CT molecular complexity index is 535. The van der Waals surface area contributed by atoms with Gasteiger partial charge in [0.1, 0.15) is 5.75 Å². The molecule has 22 heavy (non-hydrogen) atoms. The van der Waals surface area contributed by atoms with Crippen LogP contribution in [0.25, 0.3) is 0 Å². The van der Waals surface area contributed by atoms with Gasteiger partial charge in [-0.2, -0.15) is 0 Å². The molecule has 2 rings (SSSR count). The number of piperidine rings is 1. The van der Waals surface area contributed by atoms with Crippen molar-refractivity contribution in [3.63, 3.8) is 0 Å². The standard InChI is InChI=1S/C17H23NO4/c1-12(14-5-3-4-6-15(14)22-2)11-16(19)18-9-7-13(8-10-18)17(20)21/h3-6,12-13H,7-11H2,1-2H3,(H,20,21). The van der Waals surface area contributed by atoms with Gasteiger partial charge in [-0.1, -0.05) is 25.1 Å². The Morgan fingerprint density at radius 3 is 2.55 bits per heavy atom. The highest BCUT2D eigenvalue weighted by Gasteiger charge is 2.27. The number of carbonyl (C=O) groups excluding carboxylic acids is 1. The summed E-state index contributed by atoms with van der Waals surface area (Å²) in [5, 5.41) is 9.00. The summed E-state index contributed by atoms with van der Waals surface area (Å²) < 4.78 is 5.34. The number of hydrogen-bond acceptors (Lipinski definition) is 3. The molecule has 1 N–H and O–H groups in total. The molecule has 1 saturated heterocycles. The lowest BCUT2D eigenvalue weighted by molar-refractivity contribution is -0.145. The van der Waals surface area contributed by atoms with Gasteiger partial charge < -0.3 is 14.7 Å². The summed E-state index contributed by atoms with van der Waals surface area (Å²) in [5.74, 6) is -0.111. The summed E-state index contributed by atoms with van der Waals surface area (Å²) in [5.41, 5.74) is 1.03. The van der Waals surface area contributed by atoms with Crippen LogP contribution in [0.2, 0.25) is 0 Å². The monoisotopic (exact) mass is 305 g/mol. The minimum absolute atomic E-state index is 0.0702. The van der Waals surface area contributed by atoms with Gasteiger partial charge in [-0.25, -0.2) is 0 Å². The number of carboxylic acids is 1. The highest BCUT2D eigenvalue weighted by molar-refractivity contribution is 5.78. The van der Waals surface area contributed by atoms with E-state index in [0.29, 0.717) is 32.4 Å². The fourth-order valence-electron chi connectivity index (χ4n) is 2.95. The molecule has 5 nitrogen and oxygen atoms in total. The Labute approximate surface area is 130 Å². The smallest absolute Gasteiger partial charge is 0.306 e. The maximum atomic E-state index is 12.4. The molecular weight excluding hydrogens is 282 g/mol. The van der Waals surface area contributed by atoms with Gasteiger partial charge in [-0.05, 0) is 30.4 Å². The molecule has 1 fully saturated rings. The number of para-hydroxylation sites is 1. The first-order chi connectivity index (χ1) is 10.5. The van der Waals surface area contributed by atoms with Gasteiger partial charge in [-0.3, -0.25) is 9.59 Å². The minimum Gasteiger partial charge on any atom is -0.496 e.